The molecule has 106 valence electrons. The Hall–Kier alpha value is -1.38. The molecule has 20 heavy (non-hydrogen) atoms. The first-order valence-corrected chi connectivity index (χ1v) is 7.79. The van der Waals surface area contributed by atoms with E-state index in [0.29, 0.717) is 0 Å². The van der Waals surface area contributed by atoms with Gasteiger partial charge >= 0.3 is 0 Å². The smallest absolute Gasteiger partial charge is 0.0424 e. The molecule has 0 amide bonds. The fraction of sp³-hybridized carbons (Fsp3) is 0.444. The summed E-state index contributed by atoms with van der Waals surface area (Å²) in [4.78, 5) is 2.53. The predicted octanol–water partition coefficient (Wildman–Crippen LogP) is 3.72. The zero-order chi connectivity index (χ0) is 13.8. The van der Waals surface area contributed by atoms with Gasteiger partial charge in [-0.25, -0.2) is 0 Å². The number of benzene rings is 2. The topological polar surface area (TPSA) is 29.3 Å². The van der Waals surface area contributed by atoms with Gasteiger partial charge in [0.25, 0.3) is 0 Å². The largest absolute Gasteiger partial charge is 0.323 e. The van der Waals surface area contributed by atoms with Crippen LogP contribution in [0.1, 0.15) is 37.3 Å². The quantitative estimate of drug-likeness (QED) is 0.919. The average molecular weight is 268 g/mol. The highest BCUT2D eigenvalue weighted by Gasteiger charge is 2.14. The summed E-state index contributed by atoms with van der Waals surface area (Å²) in [5.74, 6) is 0. The van der Waals surface area contributed by atoms with Crippen LogP contribution in [-0.4, -0.2) is 24.5 Å². The number of nitrogens with two attached hydrogens (primary N) is 1. The summed E-state index contributed by atoms with van der Waals surface area (Å²) in [6, 6.07) is 15.2. The highest BCUT2D eigenvalue weighted by atomic mass is 15.1. The van der Waals surface area contributed by atoms with E-state index in [2.05, 4.69) is 47.4 Å². The zero-order valence-corrected chi connectivity index (χ0v) is 12.1. The van der Waals surface area contributed by atoms with Crippen LogP contribution in [0.4, 0.5) is 0 Å². The molecule has 1 aliphatic rings. The third-order valence-electron chi connectivity index (χ3n) is 4.36. The summed E-state index contributed by atoms with van der Waals surface area (Å²) in [7, 11) is 0. The van der Waals surface area contributed by atoms with Crippen LogP contribution in [-0.2, 0) is 0 Å². The van der Waals surface area contributed by atoms with Crippen molar-refractivity contribution in [3.8, 4) is 0 Å². The molecule has 2 aromatic carbocycles. The lowest BCUT2D eigenvalue weighted by atomic mass is 10.0. The van der Waals surface area contributed by atoms with E-state index in [4.69, 9.17) is 5.73 Å². The summed E-state index contributed by atoms with van der Waals surface area (Å²) in [5, 5.41) is 2.58. The Bertz CT molecular complexity index is 556. The van der Waals surface area contributed by atoms with E-state index in [-0.39, 0.29) is 6.04 Å². The molecule has 2 N–H and O–H groups in total. The lowest BCUT2D eigenvalue weighted by molar-refractivity contribution is 0.268. The molecule has 0 radical (unpaired) electrons. The first kappa shape index (κ1) is 13.6. The van der Waals surface area contributed by atoms with E-state index in [0.717, 1.165) is 6.54 Å². The lowest BCUT2D eigenvalue weighted by Gasteiger charge is -2.24. The van der Waals surface area contributed by atoms with Gasteiger partial charge in [-0.15, -0.1) is 0 Å². The van der Waals surface area contributed by atoms with Gasteiger partial charge in [-0.3, -0.25) is 0 Å². The molecule has 0 spiro atoms. The molecule has 1 fully saturated rings. The highest BCUT2D eigenvalue weighted by Crippen LogP contribution is 2.21. The summed E-state index contributed by atoms with van der Waals surface area (Å²) < 4.78 is 0. The van der Waals surface area contributed by atoms with Gasteiger partial charge in [0.15, 0.2) is 0 Å². The van der Waals surface area contributed by atoms with E-state index in [9.17, 15) is 0 Å². The van der Waals surface area contributed by atoms with Crippen molar-refractivity contribution in [1.29, 1.82) is 0 Å². The maximum atomic E-state index is 6.43. The number of likely N-dealkylation sites (tertiary alicyclic amines) is 1. The van der Waals surface area contributed by atoms with Gasteiger partial charge in [-0.05, 0) is 48.3 Å². The molecule has 1 heterocycles. The number of nitrogens with zero attached hydrogens (tertiary/aromatic N) is 1. The maximum absolute atomic E-state index is 6.43. The van der Waals surface area contributed by atoms with E-state index >= 15 is 0 Å². The van der Waals surface area contributed by atoms with Crippen molar-refractivity contribution >= 4 is 10.8 Å². The Morgan fingerprint density at radius 1 is 0.900 bits per heavy atom. The summed E-state index contributed by atoms with van der Waals surface area (Å²) in [6.07, 6.45) is 5.40. The van der Waals surface area contributed by atoms with Crippen LogP contribution in [0.15, 0.2) is 42.5 Å². The Morgan fingerprint density at radius 3 is 2.35 bits per heavy atom. The van der Waals surface area contributed by atoms with E-state index in [1.807, 2.05) is 0 Å². The van der Waals surface area contributed by atoms with Crippen molar-refractivity contribution in [1.82, 2.24) is 4.90 Å². The van der Waals surface area contributed by atoms with Gasteiger partial charge in [-0.1, -0.05) is 49.2 Å². The maximum Gasteiger partial charge on any atom is 0.0424 e. The van der Waals surface area contributed by atoms with E-state index in [1.54, 1.807) is 0 Å². The van der Waals surface area contributed by atoms with Crippen molar-refractivity contribution in [3.05, 3.63) is 48.0 Å². The van der Waals surface area contributed by atoms with Crippen molar-refractivity contribution in [3.63, 3.8) is 0 Å². The number of hydrogen-bond donors (Lipinski definition) is 1. The molecule has 1 saturated heterocycles. The number of hydrogen-bond acceptors (Lipinski definition) is 2. The Morgan fingerprint density at radius 2 is 1.60 bits per heavy atom. The zero-order valence-electron chi connectivity index (χ0n) is 12.1. The molecule has 1 atom stereocenters. The SMILES string of the molecule is NC(CN1CCCCCC1)c1ccc2ccccc2c1. The normalized spacial score (nSPS) is 18.9. The van der Waals surface area contributed by atoms with Gasteiger partial charge in [-0.2, -0.15) is 0 Å². The predicted molar refractivity (Wildman–Crippen MR) is 85.8 cm³/mol. The summed E-state index contributed by atoms with van der Waals surface area (Å²) >= 11 is 0. The first-order valence-electron chi connectivity index (χ1n) is 7.79. The molecule has 3 rings (SSSR count). The number of fused-ring (bicyclic) bond motifs is 1. The van der Waals surface area contributed by atoms with Crippen LogP contribution in [0.25, 0.3) is 10.8 Å². The molecular formula is C18H24N2. The van der Waals surface area contributed by atoms with Crippen LogP contribution in [0.3, 0.4) is 0 Å². The molecule has 0 saturated carbocycles. The van der Waals surface area contributed by atoms with E-state index < -0.39 is 0 Å². The fourth-order valence-electron chi connectivity index (χ4n) is 3.14. The monoisotopic (exact) mass is 268 g/mol. The molecule has 2 aromatic rings. The molecule has 1 unspecified atom stereocenters. The van der Waals surface area contributed by atoms with Crippen LogP contribution in [0, 0.1) is 0 Å². The van der Waals surface area contributed by atoms with Crippen LogP contribution in [0.5, 0.6) is 0 Å². The minimum atomic E-state index is 0.123. The summed E-state index contributed by atoms with van der Waals surface area (Å²) in [5.41, 5.74) is 7.68. The number of rotatable bonds is 3. The molecule has 2 heteroatoms. The van der Waals surface area contributed by atoms with Gasteiger partial charge in [0, 0.05) is 12.6 Å². The molecule has 1 aliphatic heterocycles. The van der Waals surface area contributed by atoms with Crippen LogP contribution in [0.2, 0.25) is 0 Å². The molecule has 0 aliphatic carbocycles. The minimum absolute atomic E-state index is 0.123. The molecular weight excluding hydrogens is 244 g/mol. The third kappa shape index (κ3) is 3.20. The molecule has 0 aromatic heterocycles. The minimum Gasteiger partial charge on any atom is -0.323 e. The second kappa shape index (κ2) is 6.38. The van der Waals surface area contributed by atoms with Gasteiger partial charge in [0.1, 0.15) is 0 Å². The van der Waals surface area contributed by atoms with Gasteiger partial charge in [0.2, 0.25) is 0 Å². The van der Waals surface area contributed by atoms with Crippen LogP contribution >= 0.6 is 0 Å². The van der Waals surface area contributed by atoms with Crippen molar-refractivity contribution in [2.75, 3.05) is 19.6 Å². The van der Waals surface area contributed by atoms with Crippen LogP contribution < -0.4 is 5.73 Å². The Kier molecular flexibility index (Phi) is 4.34. The average Bonchev–Trinajstić information content (AvgIpc) is 2.75. The second-order valence-corrected chi connectivity index (χ2v) is 5.93. The van der Waals surface area contributed by atoms with Gasteiger partial charge in [0.05, 0.1) is 0 Å². The van der Waals surface area contributed by atoms with Crippen molar-refractivity contribution in [2.45, 2.75) is 31.7 Å². The molecule has 2 nitrogen and oxygen atoms in total. The third-order valence-corrected chi connectivity index (χ3v) is 4.36. The second-order valence-electron chi connectivity index (χ2n) is 5.93. The Labute approximate surface area is 121 Å². The fourth-order valence-corrected chi connectivity index (χ4v) is 3.14. The summed E-state index contributed by atoms with van der Waals surface area (Å²) in [6.45, 7) is 3.40. The first-order chi connectivity index (χ1) is 9.83. The lowest BCUT2D eigenvalue weighted by Crippen LogP contribution is -2.32. The van der Waals surface area contributed by atoms with E-state index in [1.165, 1.54) is 55.1 Å². The Balaban J connectivity index is 1.72. The molecule has 0 bridgehead atoms. The van der Waals surface area contributed by atoms with Crippen molar-refractivity contribution in [2.24, 2.45) is 5.73 Å². The highest BCUT2D eigenvalue weighted by molar-refractivity contribution is 5.83. The standard InChI is InChI=1S/C18H24N2/c19-18(14-20-11-5-1-2-6-12-20)17-10-9-15-7-3-4-8-16(15)13-17/h3-4,7-10,13,18H,1-2,5-6,11-12,14,19H2. The van der Waals surface area contributed by atoms with Gasteiger partial charge < -0.3 is 10.6 Å². The van der Waals surface area contributed by atoms with Crippen molar-refractivity contribution < 1.29 is 0 Å².